The molecule has 1 aromatic carbocycles. The maximum Gasteiger partial charge on any atom is 0.233 e. The lowest BCUT2D eigenvalue weighted by atomic mass is 10.1. The van der Waals surface area contributed by atoms with Gasteiger partial charge in [-0.1, -0.05) is 18.2 Å². The van der Waals surface area contributed by atoms with Crippen LogP contribution in [-0.4, -0.2) is 31.5 Å². The van der Waals surface area contributed by atoms with Gasteiger partial charge in [-0.2, -0.15) is 5.10 Å². The van der Waals surface area contributed by atoms with Crippen LogP contribution in [0.4, 0.5) is 0 Å². The van der Waals surface area contributed by atoms with E-state index in [4.69, 9.17) is 9.84 Å². The lowest BCUT2D eigenvalue weighted by Crippen LogP contribution is -1.97. The third-order valence-electron chi connectivity index (χ3n) is 3.05. The van der Waals surface area contributed by atoms with E-state index in [2.05, 4.69) is 15.1 Å². The number of para-hydroxylation sites is 1. The molecule has 3 rings (SSSR count). The Hall–Kier alpha value is -2.47. The van der Waals surface area contributed by atoms with E-state index in [1.807, 2.05) is 31.3 Å². The van der Waals surface area contributed by atoms with Gasteiger partial charge in [0.2, 0.25) is 5.88 Å². The molecule has 6 nitrogen and oxygen atoms in total. The van der Waals surface area contributed by atoms with Gasteiger partial charge in [-0.3, -0.25) is 4.68 Å². The highest BCUT2D eigenvalue weighted by molar-refractivity contribution is 5.79. The Morgan fingerprint density at radius 2 is 2.10 bits per heavy atom. The Morgan fingerprint density at radius 1 is 1.25 bits per heavy atom. The molecule has 2 heterocycles. The first-order valence-corrected chi connectivity index (χ1v) is 6.29. The molecule has 0 amide bonds. The molecule has 0 bridgehead atoms. The normalized spacial score (nSPS) is 10.9. The van der Waals surface area contributed by atoms with Gasteiger partial charge in [0, 0.05) is 13.7 Å². The third-order valence-corrected chi connectivity index (χ3v) is 3.05. The maximum absolute atomic E-state index is 9.09. The molecule has 0 radical (unpaired) electrons. The summed E-state index contributed by atoms with van der Waals surface area (Å²) in [7, 11) is 1.82. The number of rotatable bonds is 4. The summed E-state index contributed by atoms with van der Waals surface area (Å²) >= 11 is 0. The molecule has 0 unspecified atom stereocenters. The van der Waals surface area contributed by atoms with Crippen molar-refractivity contribution in [2.45, 2.75) is 6.42 Å². The molecule has 0 aliphatic carbocycles. The number of hydrogen-bond acceptors (Lipinski definition) is 5. The van der Waals surface area contributed by atoms with Crippen molar-refractivity contribution < 1.29 is 9.84 Å². The monoisotopic (exact) mass is 270 g/mol. The summed E-state index contributed by atoms with van der Waals surface area (Å²) in [5.74, 6) is 1.15. The maximum atomic E-state index is 9.09. The van der Waals surface area contributed by atoms with Crippen LogP contribution in [0.2, 0.25) is 0 Å². The SMILES string of the molecule is Cn1ncc2c(Oc3ccccc3CCO)ncnc21. The molecule has 0 aliphatic rings. The number of nitrogens with zero attached hydrogens (tertiary/aromatic N) is 4. The van der Waals surface area contributed by atoms with Crippen LogP contribution in [0, 0.1) is 0 Å². The van der Waals surface area contributed by atoms with E-state index < -0.39 is 0 Å². The molecule has 0 fully saturated rings. The van der Waals surface area contributed by atoms with Crippen molar-refractivity contribution in [3.8, 4) is 11.6 Å². The van der Waals surface area contributed by atoms with E-state index in [1.165, 1.54) is 6.33 Å². The summed E-state index contributed by atoms with van der Waals surface area (Å²) in [6.45, 7) is 0.0758. The number of hydrogen-bond donors (Lipinski definition) is 1. The topological polar surface area (TPSA) is 73.1 Å². The zero-order chi connectivity index (χ0) is 13.9. The van der Waals surface area contributed by atoms with Crippen LogP contribution in [-0.2, 0) is 13.5 Å². The van der Waals surface area contributed by atoms with E-state index in [-0.39, 0.29) is 6.61 Å². The van der Waals surface area contributed by atoms with Crippen molar-refractivity contribution in [2.24, 2.45) is 7.05 Å². The molecule has 0 saturated carbocycles. The van der Waals surface area contributed by atoms with Crippen molar-refractivity contribution in [2.75, 3.05) is 6.61 Å². The fourth-order valence-electron chi connectivity index (χ4n) is 2.06. The van der Waals surface area contributed by atoms with Crippen LogP contribution in [0.25, 0.3) is 11.0 Å². The smallest absolute Gasteiger partial charge is 0.233 e. The van der Waals surface area contributed by atoms with Crippen LogP contribution in [0.3, 0.4) is 0 Å². The van der Waals surface area contributed by atoms with Gasteiger partial charge in [0.05, 0.1) is 6.20 Å². The Balaban J connectivity index is 2.01. The molecule has 0 spiro atoms. The van der Waals surface area contributed by atoms with Gasteiger partial charge in [-0.15, -0.1) is 0 Å². The molecule has 6 heteroatoms. The Bertz CT molecular complexity index is 739. The fraction of sp³-hybridized carbons (Fsp3) is 0.214. The summed E-state index contributed by atoms with van der Waals surface area (Å²) in [6, 6.07) is 7.58. The second kappa shape index (κ2) is 5.26. The van der Waals surface area contributed by atoms with Crippen LogP contribution in [0.5, 0.6) is 11.6 Å². The molecule has 0 saturated heterocycles. The largest absolute Gasteiger partial charge is 0.438 e. The van der Waals surface area contributed by atoms with Crippen molar-refractivity contribution >= 4 is 11.0 Å². The number of benzene rings is 1. The summed E-state index contributed by atoms with van der Waals surface area (Å²) in [5, 5.41) is 14.0. The molecule has 2 aromatic heterocycles. The highest BCUT2D eigenvalue weighted by Crippen LogP contribution is 2.28. The minimum Gasteiger partial charge on any atom is -0.438 e. The van der Waals surface area contributed by atoms with Crippen LogP contribution in [0.1, 0.15) is 5.56 Å². The Kier molecular flexibility index (Phi) is 3.30. The van der Waals surface area contributed by atoms with E-state index in [0.717, 1.165) is 16.6 Å². The highest BCUT2D eigenvalue weighted by atomic mass is 16.5. The van der Waals surface area contributed by atoms with Gasteiger partial charge in [-0.05, 0) is 18.1 Å². The van der Waals surface area contributed by atoms with E-state index >= 15 is 0 Å². The predicted octanol–water partition coefficient (Wildman–Crippen LogP) is 1.69. The summed E-state index contributed by atoms with van der Waals surface area (Å²) in [6.07, 6.45) is 3.67. The van der Waals surface area contributed by atoms with Crippen molar-refractivity contribution in [1.82, 2.24) is 19.7 Å². The first kappa shape index (κ1) is 12.6. The van der Waals surface area contributed by atoms with E-state index in [1.54, 1.807) is 10.9 Å². The average Bonchev–Trinajstić information content (AvgIpc) is 2.84. The lowest BCUT2D eigenvalue weighted by Gasteiger charge is -2.09. The second-order valence-corrected chi connectivity index (χ2v) is 4.37. The van der Waals surface area contributed by atoms with Gasteiger partial charge < -0.3 is 9.84 Å². The van der Waals surface area contributed by atoms with Gasteiger partial charge in [0.25, 0.3) is 0 Å². The minimum atomic E-state index is 0.0758. The molecule has 102 valence electrons. The van der Waals surface area contributed by atoms with Gasteiger partial charge in [0.15, 0.2) is 5.65 Å². The molecule has 20 heavy (non-hydrogen) atoms. The van der Waals surface area contributed by atoms with Gasteiger partial charge >= 0.3 is 0 Å². The Labute approximate surface area is 115 Å². The summed E-state index contributed by atoms with van der Waals surface area (Å²) < 4.78 is 7.54. The first-order valence-electron chi connectivity index (χ1n) is 6.29. The summed E-state index contributed by atoms with van der Waals surface area (Å²) in [4.78, 5) is 8.34. The number of aryl methyl sites for hydroxylation is 1. The highest BCUT2D eigenvalue weighted by Gasteiger charge is 2.11. The zero-order valence-corrected chi connectivity index (χ0v) is 11.0. The Morgan fingerprint density at radius 3 is 2.95 bits per heavy atom. The molecular formula is C14H14N4O2. The first-order chi connectivity index (χ1) is 9.79. The molecule has 0 aliphatic heterocycles. The van der Waals surface area contributed by atoms with E-state index in [0.29, 0.717) is 18.1 Å². The quantitative estimate of drug-likeness (QED) is 0.781. The van der Waals surface area contributed by atoms with Crippen molar-refractivity contribution in [3.63, 3.8) is 0 Å². The number of aliphatic hydroxyl groups excluding tert-OH is 1. The van der Waals surface area contributed by atoms with Crippen molar-refractivity contribution in [3.05, 3.63) is 42.4 Å². The van der Waals surface area contributed by atoms with Crippen molar-refractivity contribution in [1.29, 1.82) is 0 Å². The number of aromatic nitrogens is 4. The number of fused-ring (bicyclic) bond motifs is 1. The average molecular weight is 270 g/mol. The third kappa shape index (κ3) is 2.21. The van der Waals surface area contributed by atoms with Crippen LogP contribution in [0.15, 0.2) is 36.8 Å². The van der Waals surface area contributed by atoms with Gasteiger partial charge in [-0.25, -0.2) is 9.97 Å². The fourth-order valence-corrected chi connectivity index (χ4v) is 2.06. The van der Waals surface area contributed by atoms with Crippen LogP contribution >= 0.6 is 0 Å². The minimum absolute atomic E-state index is 0.0758. The predicted molar refractivity (Wildman–Crippen MR) is 73.6 cm³/mol. The summed E-state index contributed by atoms with van der Waals surface area (Å²) in [5.41, 5.74) is 1.65. The second-order valence-electron chi connectivity index (χ2n) is 4.37. The standard InChI is InChI=1S/C14H14N4O2/c1-18-13-11(8-17-18)14(16-9-15-13)20-12-5-3-2-4-10(12)6-7-19/h2-5,8-9,19H,6-7H2,1H3. The molecular weight excluding hydrogens is 256 g/mol. The zero-order valence-electron chi connectivity index (χ0n) is 11.0. The number of ether oxygens (including phenoxy) is 1. The number of aliphatic hydroxyl groups is 1. The van der Waals surface area contributed by atoms with Crippen LogP contribution < -0.4 is 4.74 Å². The lowest BCUT2D eigenvalue weighted by molar-refractivity contribution is 0.297. The molecule has 3 aromatic rings. The van der Waals surface area contributed by atoms with E-state index in [9.17, 15) is 0 Å². The van der Waals surface area contributed by atoms with Gasteiger partial charge in [0.1, 0.15) is 17.5 Å². The molecule has 1 N–H and O–H groups in total. The molecule has 0 atom stereocenters.